The zero-order valence-electron chi connectivity index (χ0n) is 12.7. The van der Waals surface area contributed by atoms with E-state index in [0.717, 1.165) is 28.9 Å². The Morgan fingerprint density at radius 1 is 1.62 bits per heavy atom. The summed E-state index contributed by atoms with van der Waals surface area (Å²) in [5, 5.41) is 0. The number of carbonyl (C=O) groups is 1. The third-order valence-corrected chi connectivity index (χ3v) is 3.99. The van der Waals surface area contributed by atoms with Crippen molar-refractivity contribution in [1.29, 1.82) is 0 Å². The van der Waals surface area contributed by atoms with Crippen LogP contribution in [0.3, 0.4) is 0 Å². The van der Waals surface area contributed by atoms with Gasteiger partial charge in [0.05, 0.1) is 6.61 Å². The topological polar surface area (TPSA) is 42.4 Å². The summed E-state index contributed by atoms with van der Waals surface area (Å²) in [6.45, 7) is 8.23. The predicted octanol–water partition coefficient (Wildman–Crippen LogP) is 3.66. The van der Waals surface area contributed by atoms with E-state index >= 15 is 0 Å². The third-order valence-electron chi connectivity index (χ3n) is 3.55. The highest BCUT2D eigenvalue weighted by atomic mass is 79.9. The largest absolute Gasteiger partial charge is 0.463 e. The van der Waals surface area contributed by atoms with Crippen LogP contribution >= 0.6 is 15.9 Å². The van der Waals surface area contributed by atoms with E-state index in [9.17, 15) is 4.79 Å². The van der Waals surface area contributed by atoms with Gasteiger partial charge in [0.2, 0.25) is 0 Å². The fraction of sp³-hybridized carbons (Fsp3) is 0.500. The van der Waals surface area contributed by atoms with Gasteiger partial charge in [0, 0.05) is 34.9 Å². The lowest BCUT2D eigenvalue weighted by Crippen LogP contribution is -2.21. The number of carbonyl (C=O) groups excluding carboxylic acids is 1. The first kappa shape index (κ1) is 16.0. The molecule has 2 heterocycles. The highest BCUT2D eigenvalue weighted by molar-refractivity contribution is 9.10. The van der Waals surface area contributed by atoms with Gasteiger partial charge in [-0.05, 0) is 54.3 Å². The number of hydrogen-bond donors (Lipinski definition) is 0. The second-order valence-electron chi connectivity index (χ2n) is 5.45. The second kappa shape index (κ2) is 7.07. The van der Waals surface area contributed by atoms with Crippen molar-refractivity contribution in [2.24, 2.45) is 5.92 Å². The Morgan fingerprint density at radius 3 is 3.00 bits per heavy atom. The molecule has 114 valence electrons. The Bertz CT molecular complexity index is 557. The normalized spacial score (nSPS) is 19.0. The molecule has 0 N–H and O–H groups in total. The predicted molar refractivity (Wildman–Crippen MR) is 88.2 cm³/mol. The van der Waals surface area contributed by atoms with Crippen molar-refractivity contribution in [3.63, 3.8) is 0 Å². The summed E-state index contributed by atoms with van der Waals surface area (Å²) in [5.41, 5.74) is 1.54. The molecule has 21 heavy (non-hydrogen) atoms. The molecule has 1 unspecified atom stereocenters. The monoisotopic (exact) mass is 352 g/mol. The number of pyridine rings is 1. The lowest BCUT2D eigenvalue weighted by molar-refractivity contribution is -0.138. The lowest BCUT2D eigenvalue weighted by Gasteiger charge is -2.19. The molecule has 1 aromatic heterocycles. The van der Waals surface area contributed by atoms with Gasteiger partial charge in [-0.25, -0.2) is 9.78 Å². The van der Waals surface area contributed by atoms with E-state index < -0.39 is 0 Å². The number of aromatic nitrogens is 1. The maximum atomic E-state index is 11.8. The Hall–Kier alpha value is -1.36. The van der Waals surface area contributed by atoms with Crippen LogP contribution in [-0.2, 0) is 9.53 Å². The molecule has 5 heteroatoms. The van der Waals surface area contributed by atoms with Crippen molar-refractivity contribution in [2.75, 3.05) is 24.6 Å². The van der Waals surface area contributed by atoms with Crippen molar-refractivity contribution in [1.82, 2.24) is 4.98 Å². The number of ether oxygens (including phenoxy) is 1. The molecule has 0 aliphatic carbocycles. The molecule has 1 saturated heterocycles. The number of halogens is 1. The van der Waals surface area contributed by atoms with Gasteiger partial charge in [-0.15, -0.1) is 0 Å². The molecule has 1 fully saturated rings. The first-order valence-electron chi connectivity index (χ1n) is 7.27. The van der Waals surface area contributed by atoms with Gasteiger partial charge in [0.15, 0.2) is 0 Å². The summed E-state index contributed by atoms with van der Waals surface area (Å²) in [5.74, 6) is 1.34. The van der Waals surface area contributed by atoms with Crippen LogP contribution in [0.25, 0.3) is 6.08 Å². The average Bonchev–Trinajstić information content (AvgIpc) is 2.85. The number of esters is 1. The number of anilines is 1. The van der Waals surface area contributed by atoms with E-state index in [1.54, 1.807) is 13.1 Å². The second-order valence-corrected chi connectivity index (χ2v) is 6.37. The highest BCUT2D eigenvalue weighted by Crippen LogP contribution is 2.28. The molecule has 2 rings (SSSR count). The summed E-state index contributed by atoms with van der Waals surface area (Å²) < 4.78 is 5.94. The SMILES string of the molecule is CCOC(=O)/C(C)=C/c1cc(Br)cnc1N1CCC(C)C1. The van der Waals surface area contributed by atoms with Crippen LogP contribution in [0, 0.1) is 5.92 Å². The average molecular weight is 353 g/mol. The fourth-order valence-corrected chi connectivity index (χ4v) is 2.83. The zero-order valence-corrected chi connectivity index (χ0v) is 14.3. The molecule has 1 aromatic rings. The van der Waals surface area contributed by atoms with Crippen molar-refractivity contribution in [3.05, 3.63) is 27.9 Å². The van der Waals surface area contributed by atoms with Gasteiger partial charge in [0.25, 0.3) is 0 Å². The Balaban J connectivity index is 2.31. The number of rotatable bonds is 4. The number of hydrogen-bond acceptors (Lipinski definition) is 4. The minimum absolute atomic E-state index is 0.279. The van der Waals surface area contributed by atoms with E-state index in [0.29, 0.717) is 18.1 Å². The van der Waals surface area contributed by atoms with E-state index in [1.807, 2.05) is 19.1 Å². The zero-order chi connectivity index (χ0) is 15.4. The van der Waals surface area contributed by atoms with Crippen LogP contribution in [0.4, 0.5) is 5.82 Å². The summed E-state index contributed by atoms with van der Waals surface area (Å²) in [6, 6.07) is 1.99. The van der Waals surface area contributed by atoms with Gasteiger partial charge in [-0.3, -0.25) is 0 Å². The maximum absolute atomic E-state index is 11.8. The molecule has 0 amide bonds. The van der Waals surface area contributed by atoms with Crippen molar-refractivity contribution in [2.45, 2.75) is 27.2 Å². The van der Waals surface area contributed by atoms with E-state index in [4.69, 9.17) is 4.74 Å². The summed E-state index contributed by atoms with van der Waals surface area (Å²) >= 11 is 3.45. The fourth-order valence-electron chi connectivity index (χ4n) is 2.48. The molecular formula is C16H21BrN2O2. The molecular weight excluding hydrogens is 332 g/mol. The molecule has 1 aliphatic heterocycles. The van der Waals surface area contributed by atoms with E-state index in [2.05, 4.69) is 32.7 Å². The molecule has 0 bridgehead atoms. The third kappa shape index (κ3) is 4.06. The molecule has 4 nitrogen and oxygen atoms in total. The van der Waals surface area contributed by atoms with Crippen LogP contribution in [0.5, 0.6) is 0 Å². The van der Waals surface area contributed by atoms with Gasteiger partial charge >= 0.3 is 5.97 Å². The maximum Gasteiger partial charge on any atom is 0.333 e. The Morgan fingerprint density at radius 2 is 2.38 bits per heavy atom. The summed E-state index contributed by atoms with van der Waals surface area (Å²) in [6.07, 6.45) is 4.83. The van der Waals surface area contributed by atoms with Crippen molar-refractivity contribution in [3.8, 4) is 0 Å². The minimum Gasteiger partial charge on any atom is -0.463 e. The molecule has 0 radical (unpaired) electrons. The van der Waals surface area contributed by atoms with Gasteiger partial charge in [0.1, 0.15) is 5.82 Å². The smallest absolute Gasteiger partial charge is 0.333 e. The number of nitrogens with zero attached hydrogens (tertiary/aromatic N) is 2. The first-order chi connectivity index (χ1) is 10.0. The quantitative estimate of drug-likeness (QED) is 0.612. The Labute approximate surface area is 134 Å². The van der Waals surface area contributed by atoms with Crippen LogP contribution in [0.15, 0.2) is 22.3 Å². The molecule has 0 aromatic carbocycles. The first-order valence-corrected chi connectivity index (χ1v) is 8.06. The standard InChI is InChI=1S/C16H21BrN2O2/c1-4-21-16(20)12(3)7-13-8-14(17)9-18-15(13)19-6-5-11(2)10-19/h7-9,11H,4-6,10H2,1-3H3/b12-7+. The molecule has 0 spiro atoms. The highest BCUT2D eigenvalue weighted by Gasteiger charge is 2.22. The van der Waals surface area contributed by atoms with Gasteiger partial charge in [-0.1, -0.05) is 6.92 Å². The minimum atomic E-state index is -0.279. The van der Waals surface area contributed by atoms with Crippen LogP contribution < -0.4 is 4.90 Å². The molecule has 1 aliphatic rings. The van der Waals surface area contributed by atoms with Crippen LogP contribution in [0.1, 0.15) is 32.8 Å². The molecule has 1 atom stereocenters. The van der Waals surface area contributed by atoms with Crippen LogP contribution in [-0.4, -0.2) is 30.6 Å². The van der Waals surface area contributed by atoms with Gasteiger partial charge < -0.3 is 9.64 Å². The van der Waals surface area contributed by atoms with E-state index in [-0.39, 0.29) is 5.97 Å². The van der Waals surface area contributed by atoms with Gasteiger partial charge in [-0.2, -0.15) is 0 Å². The molecule has 0 saturated carbocycles. The van der Waals surface area contributed by atoms with Crippen molar-refractivity contribution < 1.29 is 9.53 Å². The van der Waals surface area contributed by atoms with E-state index in [1.165, 1.54) is 6.42 Å². The van der Waals surface area contributed by atoms with Crippen molar-refractivity contribution >= 4 is 33.8 Å². The Kier molecular flexibility index (Phi) is 5.39. The lowest BCUT2D eigenvalue weighted by atomic mass is 10.1. The van der Waals surface area contributed by atoms with Crippen LogP contribution in [0.2, 0.25) is 0 Å². The summed E-state index contributed by atoms with van der Waals surface area (Å²) in [4.78, 5) is 18.6. The summed E-state index contributed by atoms with van der Waals surface area (Å²) in [7, 11) is 0.